The monoisotopic (exact) mass is 504 g/mol. The molecule has 13 heteroatoms. The first kappa shape index (κ1) is 25.7. The van der Waals surface area contributed by atoms with Gasteiger partial charge in [-0.1, -0.05) is 30.3 Å². The molecule has 2 aromatic carbocycles. The number of aromatic hydroxyl groups is 1. The molecule has 0 amide bonds. The standard InChI is InChI=1S/C23H25FN4O8/c24-17-4-2-1-3-14(17)9-15-10-26-21(32)28(20(15)25)23(34)22(33,19(31)18(12-29)36-23)27(35)11-13-5-7-16(30)8-6-13/h1-8,10,18-19,29-31,33-35H,9,11-12,25H2/t18-,19-,22-,23+/m1/s1. The molecule has 4 atom stereocenters. The molecule has 1 aliphatic rings. The van der Waals surface area contributed by atoms with Crippen LogP contribution >= 0.6 is 0 Å². The quantitative estimate of drug-likeness (QED) is 0.157. The first-order chi connectivity index (χ1) is 17.0. The van der Waals surface area contributed by atoms with E-state index in [1.165, 1.54) is 42.5 Å². The second kappa shape index (κ2) is 9.55. The molecule has 0 unspecified atom stereocenters. The van der Waals surface area contributed by atoms with Gasteiger partial charge < -0.3 is 41.2 Å². The molecule has 2 heterocycles. The van der Waals surface area contributed by atoms with Crippen LogP contribution < -0.4 is 11.4 Å². The lowest BCUT2D eigenvalue weighted by molar-refractivity contribution is -0.413. The van der Waals surface area contributed by atoms with E-state index in [0.717, 1.165) is 6.20 Å². The van der Waals surface area contributed by atoms with Crippen molar-refractivity contribution in [1.82, 2.24) is 14.6 Å². The van der Waals surface area contributed by atoms with E-state index in [0.29, 0.717) is 10.1 Å². The van der Waals surface area contributed by atoms with Gasteiger partial charge >= 0.3 is 11.6 Å². The van der Waals surface area contributed by atoms with Gasteiger partial charge in [0.1, 0.15) is 29.6 Å². The molecule has 36 heavy (non-hydrogen) atoms. The number of aromatic nitrogens is 2. The van der Waals surface area contributed by atoms with Crippen molar-refractivity contribution in [3.63, 3.8) is 0 Å². The maximum Gasteiger partial charge on any atom is 0.353 e. The van der Waals surface area contributed by atoms with Crippen molar-refractivity contribution in [2.75, 3.05) is 12.3 Å². The largest absolute Gasteiger partial charge is 0.508 e. The summed E-state index contributed by atoms with van der Waals surface area (Å²) in [5, 5.41) is 63.9. The number of rotatable bonds is 7. The number of phenols is 1. The van der Waals surface area contributed by atoms with Crippen LogP contribution in [-0.2, 0) is 23.6 Å². The van der Waals surface area contributed by atoms with Gasteiger partial charge in [0.15, 0.2) is 0 Å². The predicted octanol–water partition coefficient (Wildman–Crippen LogP) is -0.804. The number of benzene rings is 2. The molecule has 1 saturated heterocycles. The molecule has 3 aromatic rings. The maximum atomic E-state index is 14.2. The van der Waals surface area contributed by atoms with E-state index < -0.39 is 54.3 Å². The van der Waals surface area contributed by atoms with Gasteiger partial charge in [-0.25, -0.2) is 18.7 Å². The Morgan fingerprint density at radius 3 is 2.44 bits per heavy atom. The lowest BCUT2D eigenvalue weighted by atomic mass is 9.99. The smallest absolute Gasteiger partial charge is 0.353 e. The number of hydroxylamine groups is 2. The van der Waals surface area contributed by atoms with E-state index in [4.69, 9.17) is 10.5 Å². The zero-order chi connectivity index (χ0) is 26.3. The first-order valence-corrected chi connectivity index (χ1v) is 10.8. The van der Waals surface area contributed by atoms with Crippen LogP contribution in [0.1, 0.15) is 16.7 Å². The highest BCUT2D eigenvalue weighted by Crippen LogP contribution is 2.44. The Kier molecular flexibility index (Phi) is 6.81. The van der Waals surface area contributed by atoms with Crippen LogP contribution in [0.25, 0.3) is 0 Å². The van der Waals surface area contributed by atoms with E-state index in [1.807, 2.05) is 0 Å². The normalized spacial score (nSPS) is 26.0. The van der Waals surface area contributed by atoms with E-state index in [9.17, 15) is 39.9 Å². The number of nitrogens with zero attached hydrogens (tertiary/aromatic N) is 3. The van der Waals surface area contributed by atoms with Crippen LogP contribution in [0, 0.1) is 5.82 Å². The van der Waals surface area contributed by atoms with Gasteiger partial charge in [0, 0.05) is 18.2 Å². The van der Waals surface area contributed by atoms with Crippen molar-refractivity contribution in [3.05, 3.63) is 87.7 Å². The summed E-state index contributed by atoms with van der Waals surface area (Å²) in [6.45, 7) is -1.45. The van der Waals surface area contributed by atoms with Gasteiger partial charge in [-0.3, -0.25) is 0 Å². The Labute approximate surface area is 203 Å². The number of halogens is 1. The Bertz CT molecular complexity index is 1310. The highest BCUT2D eigenvalue weighted by atomic mass is 19.1. The molecule has 1 fully saturated rings. The summed E-state index contributed by atoms with van der Waals surface area (Å²) >= 11 is 0. The number of hydrogen-bond acceptors (Lipinski definition) is 11. The third-order valence-electron chi connectivity index (χ3n) is 6.14. The Hall–Kier alpha value is -3.43. The molecule has 192 valence electrons. The summed E-state index contributed by atoms with van der Waals surface area (Å²) in [4.78, 5) is 16.4. The number of aliphatic hydroxyl groups excluding tert-OH is 2. The summed E-state index contributed by atoms with van der Waals surface area (Å²) in [6.07, 6.45) is -2.93. The number of nitrogens with two attached hydrogens (primary N) is 1. The minimum absolute atomic E-state index is 0.0593. The van der Waals surface area contributed by atoms with E-state index in [-0.39, 0.29) is 28.4 Å². The van der Waals surface area contributed by atoms with Crippen molar-refractivity contribution >= 4 is 5.82 Å². The Morgan fingerprint density at radius 1 is 1.14 bits per heavy atom. The second-order valence-electron chi connectivity index (χ2n) is 8.40. The fraction of sp³-hybridized carbons (Fsp3) is 0.304. The fourth-order valence-electron chi connectivity index (χ4n) is 4.16. The van der Waals surface area contributed by atoms with Gasteiger partial charge in [-0.15, -0.1) is 5.06 Å². The van der Waals surface area contributed by atoms with Crippen LogP contribution in [0.4, 0.5) is 10.2 Å². The van der Waals surface area contributed by atoms with Crippen molar-refractivity contribution in [2.24, 2.45) is 0 Å². The van der Waals surface area contributed by atoms with Crippen molar-refractivity contribution in [2.45, 2.75) is 36.8 Å². The van der Waals surface area contributed by atoms with Crippen LogP contribution in [0.3, 0.4) is 0 Å². The van der Waals surface area contributed by atoms with E-state index in [2.05, 4.69) is 4.98 Å². The molecule has 0 spiro atoms. The van der Waals surface area contributed by atoms with E-state index in [1.54, 1.807) is 6.07 Å². The zero-order valence-electron chi connectivity index (χ0n) is 18.8. The third-order valence-corrected chi connectivity index (χ3v) is 6.14. The van der Waals surface area contributed by atoms with Crippen molar-refractivity contribution in [1.29, 1.82) is 0 Å². The molecule has 4 rings (SSSR count). The summed E-state index contributed by atoms with van der Waals surface area (Å²) in [6, 6.07) is 11.1. The van der Waals surface area contributed by atoms with Crippen molar-refractivity contribution < 1.29 is 39.9 Å². The highest BCUT2D eigenvalue weighted by Gasteiger charge is 2.70. The molecule has 8 N–H and O–H groups in total. The lowest BCUT2D eigenvalue weighted by Gasteiger charge is -2.42. The van der Waals surface area contributed by atoms with Gasteiger partial charge in [-0.2, -0.15) is 0 Å². The molecule has 12 nitrogen and oxygen atoms in total. The fourth-order valence-corrected chi connectivity index (χ4v) is 4.16. The Balaban J connectivity index is 1.81. The summed E-state index contributed by atoms with van der Waals surface area (Å²) in [7, 11) is 0. The van der Waals surface area contributed by atoms with Gasteiger partial charge in [0.2, 0.25) is 5.72 Å². The highest BCUT2D eigenvalue weighted by molar-refractivity contribution is 5.43. The lowest BCUT2D eigenvalue weighted by Crippen LogP contribution is -2.68. The minimum Gasteiger partial charge on any atom is -0.508 e. The predicted molar refractivity (Wildman–Crippen MR) is 121 cm³/mol. The van der Waals surface area contributed by atoms with Crippen LogP contribution in [0.5, 0.6) is 5.75 Å². The SMILES string of the molecule is Nc1c(Cc2ccccc2F)cnc(=O)n1[C@@]1(O)O[C@H](CO)[C@@H](O)[C@]1(O)N(O)Cc1ccc(O)cc1. The first-order valence-electron chi connectivity index (χ1n) is 10.8. The van der Waals surface area contributed by atoms with Crippen molar-refractivity contribution in [3.8, 4) is 5.75 Å². The van der Waals surface area contributed by atoms with Crippen LogP contribution in [0.2, 0.25) is 0 Å². The minimum atomic E-state index is -3.26. The van der Waals surface area contributed by atoms with Gasteiger partial charge in [-0.05, 0) is 29.3 Å². The Morgan fingerprint density at radius 2 is 1.81 bits per heavy atom. The second-order valence-corrected chi connectivity index (χ2v) is 8.40. The van der Waals surface area contributed by atoms with Crippen LogP contribution in [-0.4, -0.2) is 69.9 Å². The molecule has 0 bridgehead atoms. The molecule has 0 radical (unpaired) electrons. The maximum absolute atomic E-state index is 14.2. The summed E-state index contributed by atoms with van der Waals surface area (Å²) in [5.41, 5.74) is 2.33. The molecular formula is C23H25FN4O8. The number of aliphatic hydroxyl groups is 4. The molecule has 1 aliphatic heterocycles. The van der Waals surface area contributed by atoms with E-state index >= 15 is 0 Å². The molecule has 1 aromatic heterocycles. The average Bonchev–Trinajstić information content (AvgIpc) is 3.05. The number of anilines is 1. The summed E-state index contributed by atoms with van der Waals surface area (Å²) < 4.78 is 19.8. The average molecular weight is 504 g/mol. The molecule has 0 saturated carbocycles. The number of hydrogen-bond donors (Lipinski definition) is 7. The third kappa shape index (κ3) is 4.12. The van der Waals surface area contributed by atoms with Gasteiger partial charge in [0.25, 0.3) is 0 Å². The zero-order valence-corrected chi connectivity index (χ0v) is 18.8. The summed E-state index contributed by atoms with van der Waals surface area (Å²) in [5.74, 6) is -4.39. The number of phenolic OH excluding ortho intramolecular Hbond substituents is 1. The number of ether oxygens (including phenoxy) is 1. The molecule has 0 aliphatic carbocycles. The topological polar surface area (TPSA) is 195 Å². The van der Waals surface area contributed by atoms with Crippen LogP contribution in [0.15, 0.2) is 59.5 Å². The van der Waals surface area contributed by atoms with Gasteiger partial charge in [0.05, 0.1) is 13.2 Å². The number of nitrogen functional groups attached to an aromatic ring is 1. The molecular weight excluding hydrogens is 479 g/mol.